The number of nitrogens with zero attached hydrogens (tertiary/aromatic N) is 2. The Hall–Kier alpha value is -1.79. The number of nitrogen functional groups attached to an aromatic ring is 1. The molecule has 1 fully saturated rings. The molecule has 2 N–H and O–H groups in total. The van der Waals surface area contributed by atoms with E-state index in [-0.39, 0.29) is 12.7 Å². The Kier molecular flexibility index (Phi) is 3.98. The highest BCUT2D eigenvalue weighted by molar-refractivity contribution is 5.78. The zero-order valence-corrected chi connectivity index (χ0v) is 12.3. The van der Waals surface area contributed by atoms with Crippen molar-refractivity contribution in [3.8, 4) is 5.75 Å². The average Bonchev–Trinajstić information content (AvgIpc) is 2.61. The van der Waals surface area contributed by atoms with Crippen LogP contribution in [0.5, 0.6) is 5.75 Å². The van der Waals surface area contributed by atoms with Gasteiger partial charge in [0, 0.05) is 43.5 Å². The van der Waals surface area contributed by atoms with E-state index in [0.717, 1.165) is 36.4 Å². The number of carbonyl (C=O) groups is 1. The summed E-state index contributed by atoms with van der Waals surface area (Å²) in [6.45, 7) is 3.62. The standard InChI is InChI=1S/C15H21N3O3/c1-17-3-2-4-18(8-14(17)19)7-11-5-13(16)6-12-9-20-10-21-15(11)12/h5-6H,2-4,7-10,16H2,1H3. The van der Waals surface area contributed by atoms with Crippen LogP contribution in [-0.4, -0.2) is 49.2 Å². The Morgan fingerprint density at radius 2 is 2.19 bits per heavy atom. The van der Waals surface area contributed by atoms with E-state index < -0.39 is 0 Å². The van der Waals surface area contributed by atoms with Gasteiger partial charge < -0.3 is 20.1 Å². The van der Waals surface area contributed by atoms with E-state index in [9.17, 15) is 4.79 Å². The molecule has 1 aromatic carbocycles. The largest absolute Gasteiger partial charge is 0.467 e. The van der Waals surface area contributed by atoms with Crippen LogP contribution >= 0.6 is 0 Å². The van der Waals surface area contributed by atoms with E-state index in [1.54, 1.807) is 4.90 Å². The molecule has 0 unspecified atom stereocenters. The van der Waals surface area contributed by atoms with Crippen LogP contribution in [0.15, 0.2) is 12.1 Å². The highest BCUT2D eigenvalue weighted by Gasteiger charge is 2.22. The fraction of sp³-hybridized carbons (Fsp3) is 0.533. The number of likely N-dealkylation sites (N-methyl/N-ethyl adjacent to an activating group) is 1. The number of carbonyl (C=O) groups excluding carboxylic acids is 1. The van der Waals surface area contributed by atoms with E-state index in [2.05, 4.69) is 4.90 Å². The van der Waals surface area contributed by atoms with Gasteiger partial charge in [-0.1, -0.05) is 0 Å². The Morgan fingerprint density at radius 1 is 1.33 bits per heavy atom. The first-order valence-corrected chi connectivity index (χ1v) is 7.21. The van der Waals surface area contributed by atoms with Crippen LogP contribution < -0.4 is 10.5 Å². The molecular formula is C15H21N3O3. The summed E-state index contributed by atoms with van der Waals surface area (Å²) in [5, 5.41) is 0. The third-order valence-corrected chi connectivity index (χ3v) is 3.96. The molecule has 0 atom stereocenters. The lowest BCUT2D eigenvalue weighted by atomic mass is 10.1. The van der Waals surface area contributed by atoms with Crippen molar-refractivity contribution >= 4 is 11.6 Å². The molecule has 6 heteroatoms. The van der Waals surface area contributed by atoms with Gasteiger partial charge in [0.1, 0.15) is 5.75 Å². The fourth-order valence-electron chi connectivity index (χ4n) is 2.87. The van der Waals surface area contributed by atoms with Crippen molar-refractivity contribution in [2.45, 2.75) is 19.6 Å². The summed E-state index contributed by atoms with van der Waals surface area (Å²) in [5.41, 5.74) is 8.68. The number of anilines is 1. The molecule has 0 aliphatic carbocycles. The number of hydrogen-bond acceptors (Lipinski definition) is 5. The number of nitrogens with two attached hydrogens (primary N) is 1. The molecule has 0 bridgehead atoms. The number of amides is 1. The van der Waals surface area contributed by atoms with Gasteiger partial charge in [-0.05, 0) is 18.6 Å². The summed E-state index contributed by atoms with van der Waals surface area (Å²) in [6, 6.07) is 3.82. The van der Waals surface area contributed by atoms with Gasteiger partial charge in [0.25, 0.3) is 0 Å². The lowest BCUT2D eigenvalue weighted by molar-refractivity contribution is -0.130. The number of rotatable bonds is 2. The molecule has 1 saturated heterocycles. The van der Waals surface area contributed by atoms with Gasteiger partial charge in [0.2, 0.25) is 5.91 Å². The topological polar surface area (TPSA) is 68.0 Å². The van der Waals surface area contributed by atoms with Crippen molar-refractivity contribution in [3.63, 3.8) is 0 Å². The Labute approximate surface area is 124 Å². The molecule has 2 aliphatic rings. The second kappa shape index (κ2) is 5.91. The Morgan fingerprint density at radius 3 is 3.05 bits per heavy atom. The van der Waals surface area contributed by atoms with Gasteiger partial charge in [-0.25, -0.2) is 0 Å². The summed E-state index contributed by atoms with van der Waals surface area (Å²) in [7, 11) is 1.86. The van der Waals surface area contributed by atoms with Crippen LogP contribution in [0.4, 0.5) is 5.69 Å². The van der Waals surface area contributed by atoms with Crippen LogP contribution in [0, 0.1) is 0 Å². The Bertz CT molecular complexity index is 547. The maximum absolute atomic E-state index is 12.0. The van der Waals surface area contributed by atoms with Crippen molar-refractivity contribution in [2.24, 2.45) is 0 Å². The quantitative estimate of drug-likeness (QED) is 0.816. The number of hydrogen-bond donors (Lipinski definition) is 1. The first kappa shape index (κ1) is 14.2. The molecule has 21 heavy (non-hydrogen) atoms. The normalized spacial score (nSPS) is 19.9. The summed E-state index contributed by atoms with van der Waals surface area (Å²) >= 11 is 0. The van der Waals surface area contributed by atoms with Crippen molar-refractivity contribution in [1.82, 2.24) is 9.80 Å². The van der Waals surface area contributed by atoms with Crippen LogP contribution in [0.1, 0.15) is 17.5 Å². The SMILES string of the molecule is CN1CCCN(Cc2cc(N)cc3c2OCOC3)CC1=O. The van der Waals surface area contributed by atoms with Crippen LogP contribution in [0.3, 0.4) is 0 Å². The van der Waals surface area contributed by atoms with Crippen LogP contribution in [0.2, 0.25) is 0 Å². The number of ether oxygens (including phenoxy) is 2. The third-order valence-electron chi connectivity index (χ3n) is 3.96. The molecular weight excluding hydrogens is 270 g/mol. The Balaban J connectivity index is 1.81. The number of fused-ring (bicyclic) bond motifs is 1. The maximum Gasteiger partial charge on any atom is 0.236 e. The molecule has 0 radical (unpaired) electrons. The molecule has 3 rings (SSSR count). The van der Waals surface area contributed by atoms with Gasteiger partial charge in [0.15, 0.2) is 6.79 Å². The molecule has 0 spiro atoms. The minimum Gasteiger partial charge on any atom is -0.467 e. The molecule has 1 aromatic rings. The van der Waals surface area contributed by atoms with Crippen molar-refractivity contribution in [1.29, 1.82) is 0 Å². The van der Waals surface area contributed by atoms with Gasteiger partial charge >= 0.3 is 0 Å². The van der Waals surface area contributed by atoms with E-state index in [4.69, 9.17) is 15.2 Å². The molecule has 0 saturated carbocycles. The average molecular weight is 291 g/mol. The monoisotopic (exact) mass is 291 g/mol. The minimum atomic E-state index is 0.162. The van der Waals surface area contributed by atoms with Crippen molar-refractivity contribution in [2.75, 3.05) is 39.2 Å². The second-order valence-electron chi connectivity index (χ2n) is 5.66. The second-order valence-corrected chi connectivity index (χ2v) is 5.66. The molecule has 0 aromatic heterocycles. The minimum absolute atomic E-state index is 0.162. The van der Waals surface area contributed by atoms with Crippen molar-refractivity contribution in [3.05, 3.63) is 23.3 Å². The zero-order valence-electron chi connectivity index (χ0n) is 12.3. The summed E-state index contributed by atoms with van der Waals surface area (Å²) in [5.74, 6) is 1.02. The predicted molar refractivity (Wildman–Crippen MR) is 78.7 cm³/mol. The summed E-state index contributed by atoms with van der Waals surface area (Å²) < 4.78 is 10.9. The molecule has 6 nitrogen and oxygen atoms in total. The van der Waals surface area contributed by atoms with E-state index in [1.807, 2.05) is 19.2 Å². The molecule has 2 heterocycles. The summed E-state index contributed by atoms with van der Waals surface area (Å²) in [4.78, 5) is 15.9. The van der Waals surface area contributed by atoms with Gasteiger partial charge in [-0.2, -0.15) is 0 Å². The maximum atomic E-state index is 12.0. The van der Waals surface area contributed by atoms with Gasteiger partial charge in [0.05, 0.1) is 13.2 Å². The van der Waals surface area contributed by atoms with E-state index >= 15 is 0 Å². The fourth-order valence-corrected chi connectivity index (χ4v) is 2.87. The smallest absolute Gasteiger partial charge is 0.236 e. The lowest BCUT2D eigenvalue weighted by Crippen LogP contribution is -2.34. The summed E-state index contributed by atoms with van der Waals surface area (Å²) in [6.07, 6.45) is 0.983. The lowest BCUT2D eigenvalue weighted by Gasteiger charge is -2.25. The van der Waals surface area contributed by atoms with Gasteiger partial charge in [-0.15, -0.1) is 0 Å². The zero-order chi connectivity index (χ0) is 14.8. The molecule has 2 aliphatic heterocycles. The van der Waals surface area contributed by atoms with Crippen LogP contribution in [0.25, 0.3) is 0 Å². The van der Waals surface area contributed by atoms with E-state index in [1.165, 1.54) is 0 Å². The highest BCUT2D eigenvalue weighted by atomic mass is 16.7. The predicted octanol–water partition coefficient (Wildman–Crippen LogP) is 0.799. The molecule has 114 valence electrons. The molecule has 1 amide bonds. The number of benzene rings is 1. The van der Waals surface area contributed by atoms with Crippen molar-refractivity contribution < 1.29 is 14.3 Å². The first-order chi connectivity index (χ1) is 10.1. The first-order valence-electron chi connectivity index (χ1n) is 7.21. The van der Waals surface area contributed by atoms with Gasteiger partial charge in [-0.3, -0.25) is 9.69 Å². The van der Waals surface area contributed by atoms with E-state index in [0.29, 0.717) is 25.4 Å². The third kappa shape index (κ3) is 3.11. The highest BCUT2D eigenvalue weighted by Crippen LogP contribution is 2.31. The van der Waals surface area contributed by atoms with Crippen LogP contribution in [-0.2, 0) is 22.7 Å².